The van der Waals surface area contributed by atoms with E-state index in [1.165, 1.54) is 13.4 Å². The fraction of sp³-hybridized carbons (Fsp3) is 0.595. The van der Waals surface area contributed by atoms with Crippen LogP contribution in [0.1, 0.15) is 101 Å². The first-order valence-corrected chi connectivity index (χ1v) is 17.6. The molecule has 2 amide bonds. The summed E-state index contributed by atoms with van der Waals surface area (Å²) in [6.07, 6.45) is 8.69. The van der Waals surface area contributed by atoms with Crippen LogP contribution >= 0.6 is 0 Å². The number of furan rings is 1. The topological polar surface area (TPSA) is 175 Å². The maximum Gasteiger partial charge on any atom is 0.306 e. The van der Waals surface area contributed by atoms with Gasteiger partial charge in [-0.05, 0) is 49.2 Å². The Kier molecular flexibility index (Phi) is 11.9. The van der Waals surface area contributed by atoms with E-state index >= 15 is 0 Å². The number of imidazole rings is 1. The minimum absolute atomic E-state index is 0.0155. The monoisotopic (exact) mass is 691 g/mol. The number of nitrogens with zero attached hydrogens (tertiary/aromatic N) is 4. The molecule has 0 aromatic carbocycles. The number of aliphatic hydroxyl groups is 1. The summed E-state index contributed by atoms with van der Waals surface area (Å²) >= 11 is 0. The Morgan fingerprint density at radius 1 is 0.980 bits per heavy atom. The van der Waals surface area contributed by atoms with E-state index in [4.69, 9.17) is 9.15 Å². The highest BCUT2D eigenvalue weighted by Crippen LogP contribution is 2.35. The van der Waals surface area contributed by atoms with Crippen molar-refractivity contribution in [1.29, 1.82) is 0 Å². The van der Waals surface area contributed by atoms with Crippen LogP contribution in [-0.4, -0.2) is 92.8 Å². The smallest absolute Gasteiger partial charge is 0.306 e. The summed E-state index contributed by atoms with van der Waals surface area (Å²) in [4.78, 5) is 80.4. The molecule has 0 spiro atoms. The number of aromatic nitrogens is 2. The first kappa shape index (κ1) is 36.9. The van der Waals surface area contributed by atoms with Crippen LogP contribution in [-0.2, 0) is 23.9 Å². The number of rotatable bonds is 15. The lowest BCUT2D eigenvalue weighted by atomic mass is 9.89. The highest BCUT2D eigenvalue weighted by Gasteiger charge is 2.39. The molecule has 5 heterocycles. The number of aromatic amines is 1. The van der Waals surface area contributed by atoms with Crippen molar-refractivity contribution in [3.05, 3.63) is 41.9 Å². The molecule has 4 atom stereocenters. The zero-order valence-corrected chi connectivity index (χ0v) is 29.6. The van der Waals surface area contributed by atoms with E-state index in [1.807, 2.05) is 32.6 Å². The molecule has 50 heavy (non-hydrogen) atoms. The number of carbonyl (C=O) groups is 5. The number of aliphatic hydroxyl groups excluding tert-OH is 1. The van der Waals surface area contributed by atoms with Crippen LogP contribution in [0, 0.1) is 23.7 Å². The summed E-state index contributed by atoms with van der Waals surface area (Å²) in [5.74, 6) is -1.35. The van der Waals surface area contributed by atoms with Crippen molar-refractivity contribution in [2.75, 3.05) is 26.8 Å². The van der Waals surface area contributed by atoms with E-state index in [2.05, 4.69) is 15.0 Å². The van der Waals surface area contributed by atoms with Crippen LogP contribution in [0.2, 0.25) is 0 Å². The summed E-state index contributed by atoms with van der Waals surface area (Å²) in [5, 5.41) is 9.24. The largest absolute Gasteiger partial charge is 0.469 e. The van der Waals surface area contributed by atoms with Gasteiger partial charge >= 0.3 is 5.97 Å². The minimum Gasteiger partial charge on any atom is -0.469 e. The van der Waals surface area contributed by atoms with Crippen LogP contribution in [0.15, 0.2) is 39.7 Å². The average molecular weight is 692 g/mol. The van der Waals surface area contributed by atoms with E-state index in [1.54, 1.807) is 23.4 Å². The Labute approximate surface area is 292 Å². The molecule has 2 aromatic heterocycles. The molecule has 3 aliphatic heterocycles. The third-order valence-electron chi connectivity index (χ3n) is 10.2. The van der Waals surface area contributed by atoms with Crippen LogP contribution in [0.4, 0.5) is 0 Å². The molecule has 0 bridgehead atoms. The van der Waals surface area contributed by atoms with E-state index in [9.17, 15) is 29.1 Å². The highest BCUT2D eigenvalue weighted by molar-refractivity contribution is 6.01. The third-order valence-corrected chi connectivity index (χ3v) is 10.2. The van der Waals surface area contributed by atoms with Gasteiger partial charge in [-0.3, -0.25) is 29.0 Å². The molecule has 13 nitrogen and oxygen atoms in total. The standard InChI is InChI=1S/C37H49N5O8/c1-21(2)26(15-25(44)19-43)36(47)41-10-6-8-30(41)28-12-23(17-38-28)13-32(45)33-14-24(20-50-33)29-18-39-35(40-29)31-9-7-11-42(31)37(48)27(22(3)4)16-34(46)49-5/h14,17-18,20-22,26-27,30-31,43H,6-13,15-16,19H2,1-5H3,(H,39,40). The minimum atomic E-state index is -0.574. The molecule has 0 saturated carbocycles. The molecule has 3 aliphatic rings. The second-order valence-corrected chi connectivity index (χ2v) is 14.3. The number of allylic oxidation sites excluding steroid dienone is 1. The first-order valence-electron chi connectivity index (χ1n) is 17.6. The molecule has 0 radical (unpaired) electrons. The summed E-state index contributed by atoms with van der Waals surface area (Å²) in [6, 6.07) is 1.24. The normalized spacial score (nSPS) is 20.3. The van der Waals surface area contributed by atoms with Crippen molar-refractivity contribution in [3.63, 3.8) is 0 Å². The second kappa shape index (κ2) is 16.1. The molecule has 0 aliphatic carbocycles. The lowest BCUT2D eigenvalue weighted by Gasteiger charge is -2.30. The van der Waals surface area contributed by atoms with Gasteiger partial charge < -0.3 is 29.0 Å². The number of hydrogen-bond donors (Lipinski definition) is 2. The molecular formula is C37H49N5O8. The number of hydrogen-bond acceptors (Lipinski definition) is 10. The zero-order chi connectivity index (χ0) is 36.1. The maximum absolute atomic E-state index is 13.5. The van der Waals surface area contributed by atoms with Crippen LogP contribution in [0.3, 0.4) is 0 Å². The Morgan fingerprint density at radius 3 is 2.26 bits per heavy atom. The molecular weight excluding hydrogens is 642 g/mol. The number of likely N-dealkylation sites (tertiary alicyclic amines) is 2. The number of carbonyl (C=O) groups excluding carboxylic acids is 5. The SMILES string of the molecule is COC(=O)CC(C(=O)N1CCCC1c1ncc(-c2coc(C(=O)CC3=CN=C(C4CCCN4C(=O)C(CC(=O)CO)C(C)C)C3)c2)[nH]1)C(C)C. The Hall–Kier alpha value is -4.39. The van der Waals surface area contributed by atoms with E-state index in [-0.39, 0.29) is 72.3 Å². The summed E-state index contributed by atoms with van der Waals surface area (Å²) in [6.45, 7) is 8.26. The number of amides is 2. The predicted octanol–water partition coefficient (Wildman–Crippen LogP) is 4.68. The summed E-state index contributed by atoms with van der Waals surface area (Å²) < 4.78 is 10.5. The fourth-order valence-corrected chi connectivity index (χ4v) is 7.29. The second-order valence-electron chi connectivity index (χ2n) is 14.3. The predicted molar refractivity (Wildman–Crippen MR) is 184 cm³/mol. The average Bonchev–Trinajstić information content (AvgIpc) is 3.93. The van der Waals surface area contributed by atoms with Gasteiger partial charge in [-0.15, -0.1) is 0 Å². The molecule has 2 saturated heterocycles. The number of methoxy groups -OCH3 is 1. The van der Waals surface area contributed by atoms with Gasteiger partial charge in [-0.25, -0.2) is 4.98 Å². The fourth-order valence-electron chi connectivity index (χ4n) is 7.29. The van der Waals surface area contributed by atoms with Crippen LogP contribution in [0.5, 0.6) is 0 Å². The lowest BCUT2D eigenvalue weighted by Crippen LogP contribution is -2.45. The molecule has 4 unspecified atom stereocenters. The number of nitrogens with one attached hydrogen (secondary N) is 1. The number of esters is 1. The van der Waals surface area contributed by atoms with Gasteiger partial charge in [0.1, 0.15) is 18.7 Å². The van der Waals surface area contributed by atoms with Gasteiger partial charge in [0, 0.05) is 55.7 Å². The number of Topliss-reactive ketones (excluding diaryl/α,β-unsaturated/α-hetero) is 2. The molecule has 5 rings (SSSR count). The number of aliphatic imine (C=N–C) groups is 1. The number of H-pyrrole nitrogens is 1. The van der Waals surface area contributed by atoms with E-state index in [0.29, 0.717) is 36.6 Å². The molecule has 13 heteroatoms. The van der Waals surface area contributed by atoms with Crippen molar-refractivity contribution in [2.45, 2.75) is 91.1 Å². The third kappa shape index (κ3) is 8.14. The van der Waals surface area contributed by atoms with Crippen LogP contribution < -0.4 is 0 Å². The van der Waals surface area contributed by atoms with Gasteiger partial charge in [0.2, 0.25) is 17.6 Å². The quantitative estimate of drug-likeness (QED) is 0.198. The van der Waals surface area contributed by atoms with Gasteiger partial charge in [0.25, 0.3) is 0 Å². The Balaban J connectivity index is 1.18. The highest BCUT2D eigenvalue weighted by atomic mass is 16.5. The molecule has 2 fully saturated rings. The van der Waals surface area contributed by atoms with E-state index in [0.717, 1.165) is 37.0 Å². The molecule has 2 aromatic rings. The van der Waals surface area contributed by atoms with E-state index < -0.39 is 24.4 Å². The van der Waals surface area contributed by atoms with Crippen molar-refractivity contribution in [3.8, 4) is 11.3 Å². The van der Waals surface area contributed by atoms with Crippen molar-refractivity contribution >= 4 is 35.1 Å². The van der Waals surface area contributed by atoms with Crippen molar-refractivity contribution < 1.29 is 38.2 Å². The molecule has 2 N–H and O–H groups in total. The number of ketones is 2. The van der Waals surface area contributed by atoms with Gasteiger partial charge in [-0.1, -0.05) is 27.7 Å². The summed E-state index contributed by atoms with van der Waals surface area (Å²) in [5.41, 5.74) is 2.99. The van der Waals surface area contributed by atoms with Crippen LogP contribution in [0.25, 0.3) is 11.3 Å². The number of ether oxygens (including phenoxy) is 1. The summed E-state index contributed by atoms with van der Waals surface area (Å²) in [7, 11) is 1.32. The zero-order valence-electron chi connectivity index (χ0n) is 29.6. The van der Waals surface area contributed by atoms with Gasteiger partial charge in [-0.2, -0.15) is 0 Å². The van der Waals surface area contributed by atoms with Gasteiger partial charge in [0.15, 0.2) is 11.5 Å². The van der Waals surface area contributed by atoms with Crippen molar-refractivity contribution in [1.82, 2.24) is 19.8 Å². The first-order chi connectivity index (χ1) is 23.9. The Bertz CT molecular complexity index is 1650. The van der Waals surface area contributed by atoms with Crippen molar-refractivity contribution in [2.24, 2.45) is 28.7 Å². The molecule has 270 valence electrons. The maximum atomic E-state index is 13.5. The Morgan fingerprint density at radius 2 is 1.62 bits per heavy atom. The van der Waals surface area contributed by atoms with Gasteiger partial charge in [0.05, 0.1) is 43.4 Å². The lowest BCUT2D eigenvalue weighted by molar-refractivity contribution is -0.148.